The number of nitrogens with zero attached hydrogens (tertiary/aromatic N) is 2. The van der Waals surface area contributed by atoms with Gasteiger partial charge in [-0.1, -0.05) is 19.3 Å². The van der Waals surface area contributed by atoms with Crippen LogP contribution in [0.3, 0.4) is 0 Å². The molecule has 1 unspecified atom stereocenters. The first-order valence-corrected chi connectivity index (χ1v) is 9.33. The van der Waals surface area contributed by atoms with E-state index in [1.807, 2.05) is 11.8 Å². The maximum Gasteiger partial charge on any atom is 0.144 e. The van der Waals surface area contributed by atoms with Crippen molar-refractivity contribution in [1.82, 2.24) is 9.97 Å². The Morgan fingerprint density at radius 3 is 2.47 bits per heavy atom. The number of nitrogen functional groups attached to an aromatic ring is 1. The lowest BCUT2D eigenvalue weighted by Gasteiger charge is -2.22. The van der Waals surface area contributed by atoms with Crippen molar-refractivity contribution in [2.24, 2.45) is 0 Å². The molecule has 0 amide bonds. The Balaban J connectivity index is 1.92. The highest BCUT2D eigenvalue weighted by atomic mass is 127. The Kier molecular flexibility index (Phi) is 4.51. The molecule has 0 radical (unpaired) electrons. The Morgan fingerprint density at radius 1 is 1.05 bits per heavy atom. The van der Waals surface area contributed by atoms with Crippen molar-refractivity contribution in [3.8, 4) is 0 Å². The molecule has 3 rings (SSSR count). The van der Waals surface area contributed by atoms with Gasteiger partial charge in [0.05, 0.1) is 14.5 Å². The molecule has 104 valence electrons. The molecule has 1 saturated carbocycles. The second kappa shape index (κ2) is 6.16. The SMILES string of the molecule is Nc1nc(C2CCCCS2)nc(C2CCCC2)c1I. The second-order valence-electron chi connectivity index (χ2n) is 5.50. The fourth-order valence-corrected chi connectivity index (χ4v) is 4.98. The predicted molar refractivity (Wildman–Crippen MR) is 89.4 cm³/mol. The van der Waals surface area contributed by atoms with Crippen LogP contribution in [0.1, 0.15) is 67.6 Å². The average Bonchev–Trinajstić information content (AvgIpc) is 2.96. The summed E-state index contributed by atoms with van der Waals surface area (Å²) in [6, 6.07) is 0. The second-order valence-corrected chi connectivity index (χ2v) is 7.89. The first kappa shape index (κ1) is 13.9. The van der Waals surface area contributed by atoms with Crippen LogP contribution >= 0.6 is 34.4 Å². The van der Waals surface area contributed by atoms with Crippen LogP contribution in [0, 0.1) is 3.57 Å². The lowest BCUT2D eigenvalue weighted by Crippen LogP contribution is -2.13. The van der Waals surface area contributed by atoms with Gasteiger partial charge < -0.3 is 5.73 Å². The van der Waals surface area contributed by atoms with Gasteiger partial charge in [0.25, 0.3) is 0 Å². The largest absolute Gasteiger partial charge is 0.383 e. The predicted octanol–water partition coefficient (Wildman–Crippen LogP) is 4.28. The van der Waals surface area contributed by atoms with Crippen LogP contribution in [0.4, 0.5) is 5.82 Å². The van der Waals surface area contributed by atoms with E-state index in [2.05, 4.69) is 27.6 Å². The Hall–Kier alpha value is -0.0400. The summed E-state index contributed by atoms with van der Waals surface area (Å²) in [6.45, 7) is 0. The molecule has 5 heteroatoms. The van der Waals surface area contributed by atoms with Crippen molar-refractivity contribution in [2.75, 3.05) is 11.5 Å². The molecule has 19 heavy (non-hydrogen) atoms. The number of halogens is 1. The maximum atomic E-state index is 6.13. The summed E-state index contributed by atoms with van der Waals surface area (Å²) in [5, 5.41) is 0.466. The van der Waals surface area contributed by atoms with E-state index in [0.29, 0.717) is 17.0 Å². The summed E-state index contributed by atoms with van der Waals surface area (Å²) in [4.78, 5) is 9.49. The summed E-state index contributed by atoms with van der Waals surface area (Å²) >= 11 is 4.32. The van der Waals surface area contributed by atoms with Crippen LogP contribution in [0.25, 0.3) is 0 Å². The van der Waals surface area contributed by atoms with Gasteiger partial charge in [-0.2, -0.15) is 11.8 Å². The number of anilines is 1. The van der Waals surface area contributed by atoms with E-state index in [1.165, 1.54) is 56.4 Å². The normalized spacial score (nSPS) is 24.8. The topological polar surface area (TPSA) is 51.8 Å². The summed E-state index contributed by atoms with van der Waals surface area (Å²) in [7, 11) is 0. The van der Waals surface area contributed by atoms with Crippen LogP contribution in [0.5, 0.6) is 0 Å². The van der Waals surface area contributed by atoms with Gasteiger partial charge in [-0.3, -0.25) is 0 Å². The summed E-state index contributed by atoms with van der Waals surface area (Å²) < 4.78 is 1.09. The van der Waals surface area contributed by atoms with Crippen molar-refractivity contribution in [2.45, 2.75) is 56.1 Å². The van der Waals surface area contributed by atoms with Crippen molar-refractivity contribution in [1.29, 1.82) is 0 Å². The summed E-state index contributed by atoms with van der Waals surface area (Å²) in [6.07, 6.45) is 9.03. The lowest BCUT2D eigenvalue weighted by molar-refractivity contribution is 0.639. The molecule has 3 nitrogen and oxygen atoms in total. The minimum absolute atomic E-state index is 0.466. The molecule has 1 aromatic heterocycles. The third kappa shape index (κ3) is 3.01. The number of thioether (sulfide) groups is 1. The van der Waals surface area contributed by atoms with Gasteiger partial charge in [-0.15, -0.1) is 0 Å². The molecule has 2 fully saturated rings. The Morgan fingerprint density at radius 2 is 1.79 bits per heavy atom. The molecular weight excluding hydrogens is 369 g/mol. The minimum Gasteiger partial charge on any atom is -0.383 e. The highest BCUT2D eigenvalue weighted by molar-refractivity contribution is 14.1. The Bertz CT molecular complexity index is 454. The highest BCUT2D eigenvalue weighted by Crippen LogP contribution is 2.40. The molecule has 0 bridgehead atoms. The van der Waals surface area contributed by atoms with Gasteiger partial charge in [0.2, 0.25) is 0 Å². The molecule has 1 aliphatic carbocycles. The first-order chi connectivity index (χ1) is 9.25. The maximum absolute atomic E-state index is 6.13. The molecule has 2 heterocycles. The van der Waals surface area contributed by atoms with Crippen molar-refractivity contribution >= 4 is 40.2 Å². The van der Waals surface area contributed by atoms with Crippen molar-refractivity contribution in [3.63, 3.8) is 0 Å². The number of hydrogen-bond acceptors (Lipinski definition) is 4. The van der Waals surface area contributed by atoms with Gasteiger partial charge in [0.15, 0.2) is 0 Å². The van der Waals surface area contributed by atoms with E-state index in [1.54, 1.807) is 0 Å². The average molecular weight is 389 g/mol. The van der Waals surface area contributed by atoms with Crippen LogP contribution in [-0.4, -0.2) is 15.7 Å². The fraction of sp³-hybridized carbons (Fsp3) is 0.714. The third-order valence-electron chi connectivity index (χ3n) is 4.13. The van der Waals surface area contributed by atoms with E-state index < -0.39 is 0 Å². The van der Waals surface area contributed by atoms with Crippen molar-refractivity contribution in [3.05, 3.63) is 15.1 Å². The fourth-order valence-electron chi connectivity index (χ4n) is 3.06. The molecular formula is C14H20IN3S. The molecule has 1 saturated heterocycles. The van der Waals surface area contributed by atoms with Crippen molar-refractivity contribution < 1.29 is 0 Å². The molecule has 1 atom stereocenters. The van der Waals surface area contributed by atoms with E-state index in [9.17, 15) is 0 Å². The van der Waals surface area contributed by atoms with Gasteiger partial charge in [0, 0.05) is 5.92 Å². The molecule has 2 aliphatic rings. The first-order valence-electron chi connectivity index (χ1n) is 7.20. The number of nitrogens with two attached hydrogens (primary N) is 1. The quantitative estimate of drug-likeness (QED) is 0.768. The Labute approximate surface area is 132 Å². The van der Waals surface area contributed by atoms with E-state index in [0.717, 1.165) is 9.39 Å². The van der Waals surface area contributed by atoms with Crippen LogP contribution in [0.2, 0.25) is 0 Å². The zero-order chi connectivity index (χ0) is 13.2. The van der Waals surface area contributed by atoms with Crippen LogP contribution in [0.15, 0.2) is 0 Å². The van der Waals surface area contributed by atoms with Gasteiger partial charge in [-0.25, -0.2) is 9.97 Å². The van der Waals surface area contributed by atoms with Gasteiger partial charge in [0.1, 0.15) is 11.6 Å². The molecule has 2 N–H and O–H groups in total. The minimum atomic E-state index is 0.466. The number of aromatic nitrogens is 2. The molecule has 0 spiro atoms. The number of rotatable bonds is 2. The van der Waals surface area contributed by atoms with Gasteiger partial charge in [-0.05, 0) is 54.0 Å². The standard InChI is InChI=1S/C14H20IN3S/c15-11-12(9-5-1-2-6-9)17-14(18-13(11)16)10-7-3-4-8-19-10/h9-10H,1-8H2,(H2,16,17,18). The van der Waals surface area contributed by atoms with Gasteiger partial charge >= 0.3 is 0 Å². The van der Waals surface area contributed by atoms with E-state index in [-0.39, 0.29) is 0 Å². The third-order valence-corrected chi connectivity index (χ3v) is 6.61. The number of hydrogen-bond donors (Lipinski definition) is 1. The molecule has 1 aromatic rings. The van der Waals surface area contributed by atoms with Crippen LogP contribution in [-0.2, 0) is 0 Å². The zero-order valence-corrected chi connectivity index (χ0v) is 14.0. The van der Waals surface area contributed by atoms with E-state index >= 15 is 0 Å². The molecule has 1 aliphatic heterocycles. The molecule has 0 aromatic carbocycles. The monoisotopic (exact) mass is 389 g/mol. The van der Waals surface area contributed by atoms with E-state index in [4.69, 9.17) is 10.7 Å². The van der Waals surface area contributed by atoms with Crippen LogP contribution < -0.4 is 5.73 Å². The lowest BCUT2D eigenvalue weighted by atomic mass is 10.0. The summed E-state index contributed by atoms with van der Waals surface area (Å²) in [5.74, 6) is 3.53. The summed E-state index contributed by atoms with van der Waals surface area (Å²) in [5.41, 5.74) is 7.36. The highest BCUT2D eigenvalue weighted by Gasteiger charge is 2.26. The smallest absolute Gasteiger partial charge is 0.144 e. The zero-order valence-electron chi connectivity index (χ0n) is 11.1.